The summed E-state index contributed by atoms with van der Waals surface area (Å²) < 4.78 is 34.5. The molecule has 0 bridgehead atoms. The molecule has 0 unspecified atom stereocenters. The van der Waals surface area contributed by atoms with E-state index in [1.165, 1.54) is 0 Å². The zero-order valence-corrected chi connectivity index (χ0v) is 23.3. The van der Waals surface area contributed by atoms with Crippen molar-refractivity contribution in [3.63, 3.8) is 0 Å². The summed E-state index contributed by atoms with van der Waals surface area (Å²) in [6.07, 6.45) is 4.03. The highest BCUT2D eigenvalue weighted by atomic mass is 79.9. The van der Waals surface area contributed by atoms with E-state index < -0.39 is 15.1 Å². The van der Waals surface area contributed by atoms with Gasteiger partial charge in [-0.05, 0) is 55.3 Å². The normalized spacial score (nSPS) is 14.6. The lowest BCUT2D eigenvalue weighted by molar-refractivity contribution is 0.0727. The van der Waals surface area contributed by atoms with Gasteiger partial charge in [-0.15, -0.1) is 0 Å². The third-order valence-electron chi connectivity index (χ3n) is 7.11. The summed E-state index contributed by atoms with van der Waals surface area (Å²) in [5, 5.41) is 4.64. The van der Waals surface area contributed by atoms with Gasteiger partial charge in [0.1, 0.15) is 12.3 Å². The van der Waals surface area contributed by atoms with Gasteiger partial charge in [0.25, 0.3) is 5.91 Å². The van der Waals surface area contributed by atoms with E-state index in [4.69, 9.17) is 9.40 Å². The van der Waals surface area contributed by atoms with Crippen LogP contribution in [0.25, 0.3) is 22.3 Å². The predicted octanol–water partition coefficient (Wildman–Crippen LogP) is 5.58. The molecule has 0 spiro atoms. The van der Waals surface area contributed by atoms with Crippen LogP contribution in [0, 0.1) is 0 Å². The molecule has 0 radical (unpaired) electrons. The minimum atomic E-state index is -3.48. The number of carbonyl (C=O) groups is 1. The van der Waals surface area contributed by atoms with Crippen LogP contribution in [-0.4, -0.2) is 52.3 Å². The van der Waals surface area contributed by atoms with Crippen LogP contribution >= 0.6 is 15.9 Å². The van der Waals surface area contributed by atoms with Crippen molar-refractivity contribution in [1.82, 2.24) is 19.7 Å². The highest BCUT2D eigenvalue weighted by molar-refractivity contribution is 9.10. The van der Waals surface area contributed by atoms with E-state index in [2.05, 4.69) is 21.0 Å². The molecule has 5 aromatic rings. The fourth-order valence-corrected chi connectivity index (χ4v) is 7.00. The van der Waals surface area contributed by atoms with E-state index in [0.29, 0.717) is 59.7 Å². The first-order valence-electron chi connectivity index (χ1n) is 12.6. The van der Waals surface area contributed by atoms with Gasteiger partial charge < -0.3 is 9.32 Å². The molecule has 0 saturated carbocycles. The molecule has 8 nitrogen and oxygen atoms in total. The highest BCUT2D eigenvalue weighted by Crippen LogP contribution is 2.30. The van der Waals surface area contributed by atoms with Crippen LogP contribution in [0.2, 0.25) is 0 Å². The van der Waals surface area contributed by atoms with Crippen molar-refractivity contribution in [3.05, 3.63) is 101 Å². The maximum atomic E-state index is 13.9. The molecule has 1 amide bonds. The van der Waals surface area contributed by atoms with Crippen molar-refractivity contribution < 1.29 is 17.6 Å². The Labute approximate surface area is 234 Å². The summed E-state index contributed by atoms with van der Waals surface area (Å²) in [5.41, 5.74) is 2.64. The van der Waals surface area contributed by atoms with E-state index in [9.17, 15) is 13.2 Å². The van der Waals surface area contributed by atoms with E-state index in [0.717, 1.165) is 15.8 Å². The number of fused-ring (bicyclic) bond motifs is 1. The lowest BCUT2D eigenvalue weighted by Gasteiger charge is -2.32. The molecule has 6 rings (SSSR count). The summed E-state index contributed by atoms with van der Waals surface area (Å²) >= 11 is 3.35. The number of hydrogen-bond donors (Lipinski definition) is 0. The molecule has 1 saturated heterocycles. The molecule has 1 fully saturated rings. The van der Waals surface area contributed by atoms with E-state index in [-0.39, 0.29) is 5.91 Å². The van der Waals surface area contributed by atoms with E-state index in [1.54, 1.807) is 46.3 Å². The quantitative estimate of drug-likeness (QED) is 0.251. The lowest BCUT2D eigenvalue weighted by Crippen LogP contribution is -2.42. The zero-order valence-electron chi connectivity index (χ0n) is 20.9. The largest absolute Gasteiger partial charge is 0.467 e. The molecule has 10 heteroatoms. The van der Waals surface area contributed by atoms with Gasteiger partial charge in [-0.25, -0.2) is 18.1 Å². The van der Waals surface area contributed by atoms with Gasteiger partial charge in [-0.1, -0.05) is 46.3 Å². The number of rotatable bonds is 6. The maximum absolute atomic E-state index is 13.9. The molecule has 198 valence electrons. The Balaban J connectivity index is 1.30. The SMILES string of the molecule is O=C(c1cc(-c2ccccc2)nc2c1cnn2Cc1ccco1)N1CCC(S(=O)(=O)c2ccc(Br)cc2)CC1. The Morgan fingerprint density at radius 2 is 1.74 bits per heavy atom. The van der Waals surface area contributed by atoms with E-state index >= 15 is 0 Å². The fourth-order valence-electron chi connectivity index (χ4n) is 5.00. The van der Waals surface area contributed by atoms with Crippen LogP contribution in [0.5, 0.6) is 0 Å². The first-order valence-corrected chi connectivity index (χ1v) is 15.0. The number of sulfone groups is 1. The summed E-state index contributed by atoms with van der Waals surface area (Å²) in [7, 11) is -3.48. The number of furan rings is 1. The first-order chi connectivity index (χ1) is 18.9. The molecular weight excluding hydrogens is 580 g/mol. The number of aromatic nitrogens is 3. The average molecular weight is 606 g/mol. The van der Waals surface area contributed by atoms with Crippen molar-refractivity contribution in [1.29, 1.82) is 0 Å². The third kappa shape index (κ3) is 5.02. The second-order valence-corrected chi connectivity index (χ2v) is 12.7. The fraction of sp³-hybridized carbons (Fsp3) is 0.207. The molecule has 0 atom stereocenters. The number of nitrogens with zero attached hydrogens (tertiary/aromatic N) is 4. The molecule has 0 aliphatic carbocycles. The Morgan fingerprint density at radius 1 is 1.00 bits per heavy atom. The number of pyridine rings is 1. The number of piperidine rings is 1. The molecule has 0 N–H and O–H groups in total. The first kappa shape index (κ1) is 25.5. The van der Waals surface area contributed by atoms with Crippen LogP contribution in [-0.2, 0) is 16.4 Å². The number of halogens is 1. The molecule has 3 aromatic heterocycles. The standard InChI is InChI=1S/C29H25BrN4O4S/c30-21-8-10-23(11-9-21)39(36,37)24-12-14-33(15-13-24)29(35)25-17-27(20-5-2-1-3-6-20)32-28-26(25)18-31-34(28)19-22-7-4-16-38-22/h1-11,16-18,24H,12-15,19H2. The van der Waals surface area contributed by atoms with Crippen LogP contribution in [0.3, 0.4) is 0 Å². The number of likely N-dealkylation sites (tertiary alicyclic amines) is 1. The highest BCUT2D eigenvalue weighted by Gasteiger charge is 2.33. The smallest absolute Gasteiger partial charge is 0.254 e. The summed E-state index contributed by atoms with van der Waals surface area (Å²) in [5.74, 6) is 0.575. The van der Waals surface area contributed by atoms with Gasteiger partial charge in [0.2, 0.25) is 0 Å². The minimum absolute atomic E-state index is 0.156. The molecular formula is C29H25BrN4O4S. The van der Waals surface area contributed by atoms with Gasteiger partial charge in [-0.3, -0.25) is 4.79 Å². The second kappa shape index (κ2) is 10.4. The van der Waals surface area contributed by atoms with Crippen LogP contribution < -0.4 is 0 Å². The monoisotopic (exact) mass is 604 g/mol. The van der Waals surface area contributed by atoms with Crippen molar-refractivity contribution in [2.75, 3.05) is 13.1 Å². The van der Waals surface area contributed by atoms with Crippen LogP contribution in [0.1, 0.15) is 29.0 Å². The molecule has 4 heterocycles. The number of carbonyl (C=O) groups excluding carboxylic acids is 1. The zero-order chi connectivity index (χ0) is 27.0. The average Bonchev–Trinajstić information content (AvgIpc) is 3.63. The predicted molar refractivity (Wildman–Crippen MR) is 151 cm³/mol. The van der Waals surface area contributed by atoms with Gasteiger partial charge in [0.05, 0.1) is 39.2 Å². The van der Waals surface area contributed by atoms with Gasteiger partial charge in [0.15, 0.2) is 15.5 Å². The van der Waals surface area contributed by atoms with E-state index in [1.807, 2.05) is 48.5 Å². The third-order valence-corrected chi connectivity index (χ3v) is 9.91. The van der Waals surface area contributed by atoms with Gasteiger partial charge in [-0.2, -0.15) is 5.10 Å². The van der Waals surface area contributed by atoms with Gasteiger partial charge in [0, 0.05) is 23.1 Å². The van der Waals surface area contributed by atoms with Crippen LogP contribution in [0.15, 0.2) is 99.0 Å². The maximum Gasteiger partial charge on any atom is 0.254 e. The van der Waals surface area contributed by atoms with Gasteiger partial charge >= 0.3 is 0 Å². The van der Waals surface area contributed by atoms with Crippen molar-refractivity contribution >= 4 is 42.7 Å². The van der Waals surface area contributed by atoms with Crippen molar-refractivity contribution in [2.24, 2.45) is 0 Å². The molecule has 1 aliphatic heterocycles. The Kier molecular flexibility index (Phi) is 6.82. The summed E-state index contributed by atoms with van der Waals surface area (Å²) in [4.78, 5) is 20.8. The Bertz CT molecular complexity index is 1730. The lowest BCUT2D eigenvalue weighted by atomic mass is 10.0. The molecule has 39 heavy (non-hydrogen) atoms. The van der Waals surface area contributed by atoms with Crippen LogP contribution in [0.4, 0.5) is 0 Å². The number of benzene rings is 2. The molecule has 1 aliphatic rings. The minimum Gasteiger partial charge on any atom is -0.467 e. The number of hydrogen-bond acceptors (Lipinski definition) is 6. The number of amides is 1. The summed E-state index contributed by atoms with van der Waals surface area (Å²) in [6, 6.07) is 21.9. The Hall–Kier alpha value is -3.76. The molecule has 2 aromatic carbocycles. The van der Waals surface area contributed by atoms with Crippen molar-refractivity contribution in [2.45, 2.75) is 29.5 Å². The summed E-state index contributed by atoms with van der Waals surface area (Å²) in [6.45, 7) is 1.09. The second-order valence-electron chi connectivity index (χ2n) is 9.53. The Morgan fingerprint density at radius 3 is 2.44 bits per heavy atom. The van der Waals surface area contributed by atoms with Crippen molar-refractivity contribution in [3.8, 4) is 11.3 Å². The topological polar surface area (TPSA) is 98.3 Å².